The van der Waals surface area contributed by atoms with Crippen molar-refractivity contribution in [1.29, 1.82) is 0 Å². The third-order valence-electron chi connectivity index (χ3n) is 2.16. The monoisotopic (exact) mass is 214 g/mol. The van der Waals surface area contributed by atoms with E-state index >= 15 is 0 Å². The molecule has 86 valence electrons. The zero-order chi connectivity index (χ0) is 12.1. The Balaban J connectivity index is 4.67. The molecular weight excluding hydrogens is 196 g/mol. The smallest absolute Gasteiger partial charge is 0.329 e. The lowest BCUT2D eigenvalue weighted by molar-refractivity contribution is -0.147. The Hall–Kier alpha value is -1.52. The van der Waals surface area contributed by atoms with E-state index < -0.39 is 17.5 Å². The predicted molar refractivity (Wildman–Crippen MR) is 57.7 cm³/mol. The molecule has 0 spiro atoms. The Bertz CT molecular complexity index is 261. The number of likely N-dealkylation sites (N-methyl/N-ethyl adjacent to an activating group) is 1. The number of rotatable bonds is 5. The highest BCUT2D eigenvalue weighted by Crippen LogP contribution is 2.14. The lowest BCUT2D eigenvalue weighted by Gasteiger charge is -2.34. The second kappa shape index (κ2) is 5.38. The summed E-state index contributed by atoms with van der Waals surface area (Å²) in [5, 5.41) is 11.5. The van der Waals surface area contributed by atoms with Crippen molar-refractivity contribution in [2.75, 3.05) is 13.1 Å². The van der Waals surface area contributed by atoms with Gasteiger partial charge in [0.25, 0.3) is 0 Å². The van der Waals surface area contributed by atoms with Gasteiger partial charge in [0.15, 0.2) is 0 Å². The molecular formula is C10H18N2O3. The Kier molecular flexibility index (Phi) is 4.84. The number of carboxylic acid groups (broad SMARTS) is 1. The molecule has 0 saturated carbocycles. The van der Waals surface area contributed by atoms with E-state index in [0.29, 0.717) is 13.1 Å². The van der Waals surface area contributed by atoms with E-state index in [1.165, 1.54) is 18.7 Å². The molecule has 2 amide bonds. The molecule has 2 N–H and O–H groups in total. The van der Waals surface area contributed by atoms with Crippen LogP contribution in [0.4, 0.5) is 4.79 Å². The van der Waals surface area contributed by atoms with Crippen LogP contribution in [-0.2, 0) is 4.79 Å². The first-order valence-electron chi connectivity index (χ1n) is 4.77. The van der Waals surface area contributed by atoms with Crippen LogP contribution in [0.5, 0.6) is 0 Å². The Morgan fingerprint density at radius 2 is 2.07 bits per heavy atom. The van der Waals surface area contributed by atoms with Crippen LogP contribution in [0, 0.1) is 0 Å². The van der Waals surface area contributed by atoms with Crippen molar-refractivity contribution in [2.45, 2.75) is 26.3 Å². The lowest BCUT2D eigenvalue weighted by Crippen LogP contribution is -2.56. The molecule has 0 rings (SSSR count). The van der Waals surface area contributed by atoms with E-state index in [4.69, 9.17) is 5.11 Å². The number of aliphatic carboxylic acids is 1. The zero-order valence-electron chi connectivity index (χ0n) is 9.41. The van der Waals surface area contributed by atoms with Gasteiger partial charge in [-0.05, 0) is 20.8 Å². The summed E-state index contributed by atoms with van der Waals surface area (Å²) in [4.78, 5) is 23.8. The topological polar surface area (TPSA) is 69.6 Å². The van der Waals surface area contributed by atoms with Gasteiger partial charge < -0.3 is 15.3 Å². The molecule has 0 unspecified atom stereocenters. The summed E-state index contributed by atoms with van der Waals surface area (Å²) in [5.41, 5.74) is -1.21. The number of carbonyl (C=O) groups is 2. The number of hydrogen-bond acceptors (Lipinski definition) is 2. The van der Waals surface area contributed by atoms with Gasteiger partial charge in [-0.1, -0.05) is 6.08 Å². The molecule has 0 saturated heterocycles. The summed E-state index contributed by atoms with van der Waals surface area (Å²) in [5.74, 6) is -1.03. The number of amides is 2. The van der Waals surface area contributed by atoms with Crippen molar-refractivity contribution < 1.29 is 14.7 Å². The number of carboxylic acids is 1. The van der Waals surface area contributed by atoms with Gasteiger partial charge in [-0.15, -0.1) is 6.58 Å². The fraction of sp³-hybridized carbons (Fsp3) is 0.600. The van der Waals surface area contributed by atoms with Crippen LogP contribution in [0.2, 0.25) is 0 Å². The molecule has 0 bridgehead atoms. The van der Waals surface area contributed by atoms with E-state index in [-0.39, 0.29) is 0 Å². The minimum Gasteiger partial charge on any atom is -0.480 e. The Morgan fingerprint density at radius 1 is 1.53 bits per heavy atom. The molecule has 0 aromatic rings. The van der Waals surface area contributed by atoms with Gasteiger partial charge in [0, 0.05) is 13.1 Å². The third-order valence-corrected chi connectivity index (χ3v) is 2.16. The van der Waals surface area contributed by atoms with Gasteiger partial charge in [-0.3, -0.25) is 0 Å². The summed E-state index contributed by atoms with van der Waals surface area (Å²) >= 11 is 0. The molecule has 0 aromatic carbocycles. The molecule has 0 aliphatic carbocycles. The van der Waals surface area contributed by atoms with Crippen LogP contribution in [0.15, 0.2) is 12.7 Å². The van der Waals surface area contributed by atoms with Crippen molar-refractivity contribution in [2.24, 2.45) is 0 Å². The molecule has 0 heterocycles. The summed E-state index contributed by atoms with van der Waals surface area (Å²) < 4.78 is 0. The largest absolute Gasteiger partial charge is 0.480 e. The lowest BCUT2D eigenvalue weighted by atomic mass is 10.0. The molecule has 0 radical (unpaired) electrons. The van der Waals surface area contributed by atoms with Crippen molar-refractivity contribution in [3.05, 3.63) is 12.7 Å². The van der Waals surface area contributed by atoms with Gasteiger partial charge in [0.05, 0.1) is 0 Å². The summed E-state index contributed by atoms with van der Waals surface area (Å²) in [6.45, 7) is 8.84. The first kappa shape index (κ1) is 13.5. The maximum atomic E-state index is 11.6. The molecule has 0 fully saturated rings. The van der Waals surface area contributed by atoms with Crippen LogP contribution >= 0.6 is 0 Å². The van der Waals surface area contributed by atoms with Crippen molar-refractivity contribution in [3.63, 3.8) is 0 Å². The van der Waals surface area contributed by atoms with E-state index in [9.17, 15) is 9.59 Å². The normalized spacial score (nSPS) is 10.6. The predicted octanol–water partition coefficient (Wildman–Crippen LogP) is 1.07. The Morgan fingerprint density at radius 3 is 2.40 bits per heavy atom. The van der Waals surface area contributed by atoms with E-state index in [2.05, 4.69) is 11.9 Å². The number of carbonyl (C=O) groups excluding carboxylic acids is 1. The number of hydrogen-bond donors (Lipinski definition) is 2. The number of urea groups is 1. The maximum absolute atomic E-state index is 11.6. The van der Waals surface area contributed by atoms with Crippen molar-refractivity contribution >= 4 is 12.0 Å². The second-order valence-electron chi connectivity index (χ2n) is 3.58. The van der Waals surface area contributed by atoms with Gasteiger partial charge in [0.1, 0.15) is 5.54 Å². The van der Waals surface area contributed by atoms with E-state index in [1.807, 2.05) is 0 Å². The van der Waals surface area contributed by atoms with Gasteiger partial charge in [0.2, 0.25) is 0 Å². The molecule has 0 aromatic heterocycles. The quantitative estimate of drug-likeness (QED) is 0.672. The fourth-order valence-electron chi connectivity index (χ4n) is 1.16. The molecule has 5 nitrogen and oxygen atoms in total. The molecule has 5 heteroatoms. The minimum absolute atomic E-state index is 0.324. The minimum atomic E-state index is -1.21. The number of nitrogens with one attached hydrogen (secondary N) is 1. The molecule has 15 heavy (non-hydrogen) atoms. The van der Waals surface area contributed by atoms with Crippen LogP contribution in [0.25, 0.3) is 0 Å². The summed E-state index contributed by atoms with van der Waals surface area (Å²) in [7, 11) is 0. The van der Waals surface area contributed by atoms with Crippen molar-refractivity contribution in [3.8, 4) is 0 Å². The molecule has 0 aliphatic rings. The second-order valence-corrected chi connectivity index (χ2v) is 3.58. The van der Waals surface area contributed by atoms with Gasteiger partial charge in [-0.2, -0.15) is 0 Å². The third kappa shape index (κ3) is 3.27. The molecule has 0 atom stereocenters. The highest BCUT2D eigenvalue weighted by Gasteiger charge is 2.36. The average molecular weight is 214 g/mol. The van der Waals surface area contributed by atoms with Gasteiger partial charge >= 0.3 is 12.0 Å². The van der Waals surface area contributed by atoms with E-state index in [1.54, 1.807) is 13.0 Å². The highest BCUT2D eigenvalue weighted by molar-refractivity contribution is 5.85. The zero-order valence-corrected chi connectivity index (χ0v) is 9.41. The average Bonchev–Trinajstić information content (AvgIpc) is 2.15. The standard InChI is InChI=1S/C10H18N2O3/c1-5-7-11-9(15)12(6-2)10(3,4)8(13)14/h5H,1,6-7H2,2-4H3,(H,11,15)(H,13,14). The summed E-state index contributed by atoms with van der Waals surface area (Å²) in [6.07, 6.45) is 1.54. The van der Waals surface area contributed by atoms with Crippen LogP contribution in [-0.4, -0.2) is 40.6 Å². The molecule has 0 aliphatic heterocycles. The summed E-state index contributed by atoms with van der Waals surface area (Å²) in [6, 6.07) is -0.398. The first-order valence-corrected chi connectivity index (χ1v) is 4.77. The van der Waals surface area contributed by atoms with Crippen LogP contribution < -0.4 is 5.32 Å². The van der Waals surface area contributed by atoms with E-state index in [0.717, 1.165) is 0 Å². The van der Waals surface area contributed by atoms with Crippen LogP contribution in [0.1, 0.15) is 20.8 Å². The van der Waals surface area contributed by atoms with Crippen molar-refractivity contribution in [1.82, 2.24) is 10.2 Å². The maximum Gasteiger partial charge on any atom is 0.329 e. The number of nitrogens with zero attached hydrogens (tertiary/aromatic N) is 1. The Labute approximate surface area is 89.8 Å². The van der Waals surface area contributed by atoms with Crippen LogP contribution in [0.3, 0.4) is 0 Å². The fourth-order valence-corrected chi connectivity index (χ4v) is 1.16. The van der Waals surface area contributed by atoms with Gasteiger partial charge in [-0.25, -0.2) is 9.59 Å². The first-order chi connectivity index (χ1) is 6.87. The highest BCUT2D eigenvalue weighted by atomic mass is 16.4. The SMILES string of the molecule is C=CCNC(=O)N(CC)C(C)(C)C(=O)O.